The molecule has 0 bridgehead atoms. The number of fused-ring (bicyclic) bond motifs is 7. The van der Waals surface area contributed by atoms with Gasteiger partial charge in [0.15, 0.2) is 0 Å². The largest absolute Gasteiger partial charge is 0.0843 e. The van der Waals surface area contributed by atoms with Gasteiger partial charge in [0, 0.05) is 5.02 Å². The zero-order chi connectivity index (χ0) is 15.4. The molecule has 0 fully saturated rings. The Hall–Kier alpha value is -2.57. The molecule has 0 nitrogen and oxygen atoms in total. The summed E-state index contributed by atoms with van der Waals surface area (Å²) >= 11 is 6.27. The minimum atomic E-state index is 0.780. The summed E-state index contributed by atoms with van der Waals surface area (Å²) in [6.45, 7) is 0. The fourth-order valence-electron chi connectivity index (χ4n) is 3.61. The van der Waals surface area contributed by atoms with Gasteiger partial charge in [-0.05, 0) is 55.2 Å². The first kappa shape index (κ1) is 12.9. The zero-order valence-corrected chi connectivity index (χ0v) is 13.1. The first-order chi connectivity index (χ1) is 11.3. The van der Waals surface area contributed by atoms with Crippen molar-refractivity contribution >= 4 is 54.7 Å². The van der Waals surface area contributed by atoms with Crippen LogP contribution in [-0.2, 0) is 0 Å². The van der Waals surface area contributed by atoms with Crippen LogP contribution in [0.15, 0.2) is 78.9 Å². The maximum atomic E-state index is 6.27. The highest BCUT2D eigenvalue weighted by Gasteiger charge is 2.08. The molecule has 0 saturated carbocycles. The van der Waals surface area contributed by atoms with E-state index in [0.29, 0.717) is 0 Å². The van der Waals surface area contributed by atoms with E-state index in [0.717, 1.165) is 5.02 Å². The van der Waals surface area contributed by atoms with Crippen molar-refractivity contribution in [3.05, 3.63) is 83.9 Å². The molecule has 0 amide bonds. The Morgan fingerprint density at radius 1 is 0.478 bits per heavy atom. The van der Waals surface area contributed by atoms with Gasteiger partial charge >= 0.3 is 0 Å². The van der Waals surface area contributed by atoms with Gasteiger partial charge in [0.05, 0.1) is 0 Å². The predicted molar refractivity (Wildman–Crippen MR) is 101 cm³/mol. The number of benzene rings is 5. The van der Waals surface area contributed by atoms with Crippen LogP contribution in [0.3, 0.4) is 0 Å². The van der Waals surface area contributed by atoms with Crippen molar-refractivity contribution in [3.8, 4) is 0 Å². The molecule has 5 aromatic rings. The SMILES string of the molecule is Clc1ccc2ccc3ccc4c5ccccc5ccc4c3c2c1. The third-order valence-corrected chi connectivity index (χ3v) is 4.92. The highest BCUT2D eigenvalue weighted by molar-refractivity contribution is 6.32. The molecule has 0 saturated heterocycles. The van der Waals surface area contributed by atoms with E-state index < -0.39 is 0 Å². The average molecular weight is 313 g/mol. The topological polar surface area (TPSA) is 0 Å². The van der Waals surface area contributed by atoms with Crippen molar-refractivity contribution in [3.63, 3.8) is 0 Å². The Labute approximate surface area is 138 Å². The predicted octanol–water partition coefficient (Wildman–Crippen LogP) is 6.95. The molecule has 0 spiro atoms. The van der Waals surface area contributed by atoms with Crippen molar-refractivity contribution in [2.75, 3.05) is 0 Å². The van der Waals surface area contributed by atoms with E-state index in [9.17, 15) is 0 Å². The molecule has 23 heavy (non-hydrogen) atoms. The molecule has 108 valence electrons. The Morgan fingerprint density at radius 2 is 1.13 bits per heavy atom. The summed E-state index contributed by atoms with van der Waals surface area (Å²) in [5.74, 6) is 0. The third-order valence-electron chi connectivity index (χ3n) is 4.69. The summed E-state index contributed by atoms with van der Waals surface area (Å²) in [7, 11) is 0. The average Bonchev–Trinajstić information content (AvgIpc) is 2.60. The van der Waals surface area contributed by atoms with Crippen LogP contribution < -0.4 is 0 Å². The van der Waals surface area contributed by atoms with Gasteiger partial charge in [-0.15, -0.1) is 0 Å². The second kappa shape index (κ2) is 4.71. The van der Waals surface area contributed by atoms with E-state index in [1.807, 2.05) is 6.07 Å². The highest BCUT2D eigenvalue weighted by atomic mass is 35.5. The summed E-state index contributed by atoms with van der Waals surface area (Å²) in [5, 5.41) is 10.9. The van der Waals surface area contributed by atoms with Crippen molar-refractivity contribution in [2.45, 2.75) is 0 Å². The van der Waals surface area contributed by atoms with Crippen LogP contribution in [0.2, 0.25) is 5.02 Å². The molecule has 0 unspecified atom stereocenters. The lowest BCUT2D eigenvalue weighted by Gasteiger charge is -2.10. The van der Waals surface area contributed by atoms with Crippen molar-refractivity contribution in [2.24, 2.45) is 0 Å². The van der Waals surface area contributed by atoms with Gasteiger partial charge in [0.2, 0.25) is 0 Å². The fourth-order valence-corrected chi connectivity index (χ4v) is 3.79. The van der Waals surface area contributed by atoms with Crippen LogP contribution in [0.1, 0.15) is 0 Å². The van der Waals surface area contributed by atoms with Gasteiger partial charge < -0.3 is 0 Å². The van der Waals surface area contributed by atoms with Crippen LogP contribution in [0.25, 0.3) is 43.1 Å². The lowest BCUT2D eigenvalue weighted by atomic mass is 9.94. The molecule has 0 atom stereocenters. The molecule has 1 heteroatoms. The van der Waals surface area contributed by atoms with Crippen LogP contribution in [0.4, 0.5) is 0 Å². The maximum Gasteiger partial charge on any atom is 0.0412 e. The quantitative estimate of drug-likeness (QED) is 0.271. The lowest BCUT2D eigenvalue weighted by molar-refractivity contribution is 1.77. The molecular formula is C22H13Cl. The molecule has 0 radical (unpaired) electrons. The van der Waals surface area contributed by atoms with Gasteiger partial charge in [-0.2, -0.15) is 0 Å². The van der Waals surface area contributed by atoms with E-state index in [4.69, 9.17) is 11.6 Å². The van der Waals surface area contributed by atoms with Gasteiger partial charge in [-0.25, -0.2) is 0 Å². The number of hydrogen-bond acceptors (Lipinski definition) is 0. The lowest BCUT2D eigenvalue weighted by Crippen LogP contribution is -1.83. The number of halogens is 1. The summed E-state index contributed by atoms with van der Waals surface area (Å²) in [4.78, 5) is 0. The van der Waals surface area contributed by atoms with Gasteiger partial charge in [0.1, 0.15) is 0 Å². The van der Waals surface area contributed by atoms with Crippen molar-refractivity contribution in [1.29, 1.82) is 0 Å². The minimum Gasteiger partial charge on any atom is -0.0843 e. The van der Waals surface area contributed by atoms with Gasteiger partial charge in [0.25, 0.3) is 0 Å². The van der Waals surface area contributed by atoms with Crippen molar-refractivity contribution < 1.29 is 0 Å². The van der Waals surface area contributed by atoms with Crippen LogP contribution >= 0.6 is 11.6 Å². The molecule has 0 aliphatic heterocycles. The molecule has 5 rings (SSSR count). The van der Waals surface area contributed by atoms with Crippen LogP contribution in [0.5, 0.6) is 0 Å². The second-order valence-corrected chi connectivity index (χ2v) is 6.41. The van der Waals surface area contributed by atoms with Crippen molar-refractivity contribution in [1.82, 2.24) is 0 Å². The normalized spacial score (nSPS) is 11.7. The fraction of sp³-hybridized carbons (Fsp3) is 0. The van der Waals surface area contributed by atoms with E-state index in [1.165, 1.54) is 43.1 Å². The van der Waals surface area contributed by atoms with Gasteiger partial charge in [-0.1, -0.05) is 78.3 Å². The summed E-state index contributed by atoms with van der Waals surface area (Å²) in [6.07, 6.45) is 0. The van der Waals surface area contributed by atoms with Gasteiger partial charge in [-0.3, -0.25) is 0 Å². The number of rotatable bonds is 0. The van der Waals surface area contributed by atoms with Crippen LogP contribution in [0, 0.1) is 0 Å². The number of hydrogen-bond donors (Lipinski definition) is 0. The first-order valence-electron chi connectivity index (χ1n) is 7.74. The molecule has 0 aliphatic carbocycles. The summed E-state index contributed by atoms with van der Waals surface area (Å²) in [5.41, 5.74) is 0. The molecule has 0 N–H and O–H groups in total. The molecule has 0 aliphatic rings. The molecule has 0 aromatic heterocycles. The standard InChI is InChI=1S/C22H13Cl/c23-17-10-7-15-5-6-16-9-11-19-18-4-2-1-3-14(18)8-12-20(19)22(16)21(15)13-17/h1-13H. The van der Waals surface area contributed by atoms with E-state index in [1.54, 1.807) is 0 Å². The smallest absolute Gasteiger partial charge is 0.0412 e. The maximum absolute atomic E-state index is 6.27. The third kappa shape index (κ3) is 1.85. The zero-order valence-electron chi connectivity index (χ0n) is 12.4. The Morgan fingerprint density at radius 3 is 2.09 bits per heavy atom. The highest BCUT2D eigenvalue weighted by Crippen LogP contribution is 2.36. The Bertz CT molecular complexity index is 1220. The Balaban J connectivity index is 2.10. The Kier molecular flexibility index (Phi) is 2.65. The monoisotopic (exact) mass is 312 g/mol. The minimum absolute atomic E-state index is 0.780. The van der Waals surface area contributed by atoms with Crippen LogP contribution in [-0.4, -0.2) is 0 Å². The summed E-state index contributed by atoms with van der Waals surface area (Å²) in [6, 6.07) is 27.9. The van der Waals surface area contributed by atoms with E-state index in [-0.39, 0.29) is 0 Å². The van der Waals surface area contributed by atoms with E-state index >= 15 is 0 Å². The molecular weight excluding hydrogens is 300 g/mol. The molecule has 5 aromatic carbocycles. The molecule has 0 heterocycles. The summed E-state index contributed by atoms with van der Waals surface area (Å²) < 4.78 is 0. The van der Waals surface area contributed by atoms with E-state index in [2.05, 4.69) is 72.8 Å². The second-order valence-electron chi connectivity index (χ2n) is 5.98. The first-order valence-corrected chi connectivity index (χ1v) is 8.11.